The summed E-state index contributed by atoms with van der Waals surface area (Å²) in [5.41, 5.74) is 2.03. The van der Waals surface area contributed by atoms with Gasteiger partial charge in [-0.3, -0.25) is 4.79 Å². The van der Waals surface area contributed by atoms with E-state index in [9.17, 15) is 4.79 Å². The second kappa shape index (κ2) is 6.28. The Hall–Kier alpha value is -1.35. The molecule has 3 heteroatoms. The third-order valence-electron chi connectivity index (χ3n) is 2.61. The molecule has 0 saturated carbocycles. The number of amides is 1. The van der Waals surface area contributed by atoms with Gasteiger partial charge in [0.15, 0.2) is 0 Å². The summed E-state index contributed by atoms with van der Waals surface area (Å²) in [5, 5.41) is 6.12. The summed E-state index contributed by atoms with van der Waals surface area (Å²) in [6, 6.07) is 8.13. The molecule has 0 fully saturated rings. The molecule has 1 atom stereocenters. The molecule has 0 heterocycles. The molecule has 1 amide bonds. The molecule has 0 aliphatic rings. The lowest BCUT2D eigenvalue weighted by Crippen LogP contribution is -2.17. The number of benzene rings is 1. The summed E-state index contributed by atoms with van der Waals surface area (Å²) in [6.45, 7) is 4.08. The molecule has 0 bridgehead atoms. The SMILES string of the molecule is CCCC(=O)Nc1ccccc1C(C)NC. The first-order valence-corrected chi connectivity index (χ1v) is 5.75. The van der Waals surface area contributed by atoms with E-state index in [-0.39, 0.29) is 11.9 Å². The van der Waals surface area contributed by atoms with Crippen LogP contribution < -0.4 is 10.6 Å². The number of hydrogen-bond acceptors (Lipinski definition) is 2. The normalized spacial score (nSPS) is 12.2. The summed E-state index contributed by atoms with van der Waals surface area (Å²) in [4.78, 5) is 11.5. The quantitative estimate of drug-likeness (QED) is 0.801. The van der Waals surface area contributed by atoms with Gasteiger partial charge < -0.3 is 10.6 Å². The zero-order valence-electron chi connectivity index (χ0n) is 10.2. The van der Waals surface area contributed by atoms with Crippen LogP contribution >= 0.6 is 0 Å². The highest BCUT2D eigenvalue weighted by atomic mass is 16.1. The van der Waals surface area contributed by atoms with Gasteiger partial charge in [-0.05, 0) is 32.0 Å². The van der Waals surface area contributed by atoms with Gasteiger partial charge in [0.1, 0.15) is 0 Å². The van der Waals surface area contributed by atoms with Gasteiger partial charge in [0.05, 0.1) is 0 Å². The van der Waals surface area contributed by atoms with Crippen LogP contribution in [0, 0.1) is 0 Å². The average Bonchev–Trinajstić information content (AvgIpc) is 2.29. The molecule has 1 aromatic rings. The number of para-hydroxylation sites is 1. The maximum atomic E-state index is 11.5. The molecule has 88 valence electrons. The molecule has 0 spiro atoms. The Morgan fingerprint density at radius 1 is 1.38 bits per heavy atom. The fourth-order valence-corrected chi connectivity index (χ4v) is 1.58. The molecule has 1 rings (SSSR count). The van der Waals surface area contributed by atoms with Crippen LogP contribution in [0.25, 0.3) is 0 Å². The molecule has 3 nitrogen and oxygen atoms in total. The Morgan fingerprint density at radius 2 is 2.06 bits per heavy atom. The molecule has 1 unspecified atom stereocenters. The standard InChI is InChI=1S/C13H20N2O/c1-4-7-13(16)15-12-9-6-5-8-11(12)10(2)14-3/h5-6,8-10,14H,4,7H2,1-3H3,(H,15,16). The van der Waals surface area contributed by atoms with E-state index in [1.165, 1.54) is 0 Å². The van der Waals surface area contributed by atoms with Crippen molar-refractivity contribution in [1.29, 1.82) is 0 Å². The molecule has 16 heavy (non-hydrogen) atoms. The van der Waals surface area contributed by atoms with Crippen LogP contribution in [0.1, 0.15) is 38.3 Å². The van der Waals surface area contributed by atoms with Crippen molar-refractivity contribution in [1.82, 2.24) is 5.32 Å². The van der Waals surface area contributed by atoms with Gasteiger partial charge in [-0.15, -0.1) is 0 Å². The van der Waals surface area contributed by atoms with Gasteiger partial charge in [-0.1, -0.05) is 25.1 Å². The molecule has 2 N–H and O–H groups in total. The van der Waals surface area contributed by atoms with E-state index in [4.69, 9.17) is 0 Å². The molecular weight excluding hydrogens is 200 g/mol. The van der Waals surface area contributed by atoms with Crippen LogP contribution in [-0.4, -0.2) is 13.0 Å². The van der Waals surface area contributed by atoms with Crippen molar-refractivity contribution in [2.45, 2.75) is 32.7 Å². The van der Waals surface area contributed by atoms with Crippen LogP contribution in [0.5, 0.6) is 0 Å². The Morgan fingerprint density at radius 3 is 2.69 bits per heavy atom. The fourth-order valence-electron chi connectivity index (χ4n) is 1.58. The summed E-state index contributed by atoms with van der Waals surface area (Å²) < 4.78 is 0. The Balaban J connectivity index is 2.82. The number of nitrogens with one attached hydrogen (secondary N) is 2. The second-order valence-electron chi connectivity index (χ2n) is 3.90. The van der Waals surface area contributed by atoms with Crippen molar-refractivity contribution < 1.29 is 4.79 Å². The minimum Gasteiger partial charge on any atom is -0.326 e. The molecule has 0 saturated heterocycles. The third kappa shape index (κ3) is 3.35. The topological polar surface area (TPSA) is 41.1 Å². The van der Waals surface area contributed by atoms with E-state index in [2.05, 4.69) is 17.6 Å². The van der Waals surface area contributed by atoms with E-state index >= 15 is 0 Å². The summed E-state index contributed by atoms with van der Waals surface area (Å²) in [6.07, 6.45) is 1.44. The van der Waals surface area contributed by atoms with Crippen LogP contribution in [0.4, 0.5) is 5.69 Å². The highest BCUT2D eigenvalue weighted by molar-refractivity contribution is 5.91. The first-order valence-electron chi connectivity index (χ1n) is 5.75. The van der Waals surface area contributed by atoms with Crippen molar-refractivity contribution in [2.24, 2.45) is 0 Å². The first kappa shape index (κ1) is 12.7. The molecule has 0 radical (unpaired) electrons. The van der Waals surface area contributed by atoms with E-state index in [1.807, 2.05) is 38.2 Å². The summed E-state index contributed by atoms with van der Waals surface area (Å²) >= 11 is 0. The number of anilines is 1. The Bertz CT molecular complexity index is 350. The van der Waals surface area contributed by atoms with Crippen LogP contribution in [0.15, 0.2) is 24.3 Å². The number of rotatable bonds is 5. The second-order valence-corrected chi connectivity index (χ2v) is 3.90. The van der Waals surface area contributed by atoms with E-state index < -0.39 is 0 Å². The maximum absolute atomic E-state index is 11.5. The fraction of sp³-hybridized carbons (Fsp3) is 0.462. The zero-order chi connectivity index (χ0) is 12.0. The van der Waals surface area contributed by atoms with Gasteiger partial charge in [-0.2, -0.15) is 0 Å². The minimum absolute atomic E-state index is 0.0817. The molecule has 0 aromatic heterocycles. The van der Waals surface area contributed by atoms with Crippen LogP contribution in [-0.2, 0) is 4.79 Å². The lowest BCUT2D eigenvalue weighted by molar-refractivity contribution is -0.116. The van der Waals surface area contributed by atoms with Crippen LogP contribution in [0.2, 0.25) is 0 Å². The van der Waals surface area contributed by atoms with Crippen molar-refractivity contribution >= 4 is 11.6 Å². The third-order valence-corrected chi connectivity index (χ3v) is 2.61. The van der Waals surface area contributed by atoms with E-state index in [0.717, 1.165) is 17.7 Å². The number of carbonyl (C=O) groups is 1. The van der Waals surface area contributed by atoms with Crippen molar-refractivity contribution in [2.75, 3.05) is 12.4 Å². The van der Waals surface area contributed by atoms with E-state index in [1.54, 1.807) is 0 Å². The van der Waals surface area contributed by atoms with Gasteiger partial charge >= 0.3 is 0 Å². The summed E-state index contributed by atoms with van der Waals surface area (Å²) in [7, 11) is 1.91. The van der Waals surface area contributed by atoms with Gasteiger partial charge in [0, 0.05) is 18.2 Å². The molecule has 0 aliphatic heterocycles. The van der Waals surface area contributed by atoms with Gasteiger partial charge in [0.25, 0.3) is 0 Å². The smallest absolute Gasteiger partial charge is 0.224 e. The largest absolute Gasteiger partial charge is 0.326 e. The molecule has 1 aromatic carbocycles. The molecule has 0 aliphatic carbocycles. The highest BCUT2D eigenvalue weighted by Gasteiger charge is 2.09. The van der Waals surface area contributed by atoms with Crippen LogP contribution in [0.3, 0.4) is 0 Å². The average molecular weight is 220 g/mol. The van der Waals surface area contributed by atoms with E-state index in [0.29, 0.717) is 6.42 Å². The van der Waals surface area contributed by atoms with Crippen molar-refractivity contribution in [3.63, 3.8) is 0 Å². The predicted octanol–water partition coefficient (Wildman–Crippen LogP) is 2.71. The Kier molecular flexibility index (Phi) is 4.99. The number of carbonyl (C=O) groups excluding carboxylic acids is 1. The molecular formula is C13H20N2O. The predicted molar refractivity (Wildman–Crippen MR) is 67.5 cm³/mol. The van der Waals surface area contributed by atoms with Crippen molar-refractivity contribution in [3.05, 3.63) is 29.8 Å². The highest BCUT2D eigenvalue weighted by Crippen LogP contribution is 2.22. The first-order chi connectivity index (χ1) is 7.69. The zero-order valence-corrected chi connectivity index (χ0v) is 10.2. The van der Waals surface area contributed by atoms with Gasteiger partial charge in [0.2, 0.25) is 5.91 Å². The number of hydrogen-bond donors (Lipinski definition) is 2. The minimum atomic E-state index is 0.0817. The lowest BCUT2D eigenvalue weighted by atomic mass is 10.1. The summed E-state index contributed by atoms with van der Waals surface area (Å²) in [5.74, 6) is 0.0817. The maximum Gasteiger partial charge on any atom is 0.224 e. The lowest BCUT2D eigenvalue weighted by Gasteiger charge is -2.16. The monoisotopic (exact) mass is 220 g/mol. The van der Waals surface area contributed by atoms with Gasteiger partial charge in [-0.25, -0.2) is 0 Å². The van der Waals surface area contributed by atoms with Crippen molar-refractivity contribution in [3.8, 4) is 0 Å². The Labute approximate surface area is 97.2 Å².